The number of benzene rings is 2. The van der Waals surface area contributed by atoms with E-state index in [-0.39, 0.29) is 5.91 Å². The van der Waals surface area contributed by atoms with E-state index in [1.54, 1.807) is 0 Å². The van der Waals surface area contributed by atoms with Gasteiger partial charge in [-0.3, -0.25) is 4.79 Å². The van der Waals surface area contributed by atoms with E-state index in [9.17, 15) is 4.79 Å². The first-order valence-electron chi connectivity index (χ1n) is 7.71. The van der Waals surface area contributed by atoms with E-state index >= 15 is 0 Å². The lowest BCUT2D eigenvalue weighted by molar-refractivity contribution is 0.0791. The molecule has 2 nitrogen and oxygen atoms in total. The van der Waals surface area contributed by atoms with Gasteiger partial charge in [0.2, 0.25) is 0 Å². The summed E-state index contributed by atoms with van der Waals surface area (Å²) in [4.78, 5) is 14.5. The number of amides is 1. The molecular weight excluding hydrogens is 258 g/mol. The number of likely N-dealkylation sites (tertiary alicyclic amines) is 1. The fraction of sp³-hybridized carbons (Fsp3) is 0.316. The van der Waals surface area contributed by atoms with Gasteiger partial charge in [0.1, 0.15) is 0 Å². The molecule has 2 aromatic rings. The van der Waals surface area contributed by atoms with E-state index in [2.05, 4.69) is 43.3 Å². The fourth-order valence-electron chi connectivity index (χ4n) is 3.01. The normalized spacial score (nSPS) is 18.0. The Hall–Kier alpha value is -2.09. The van der Waals surface area contributed by atoms with Crippen LogP contribution in [0.3, 0.4) is 0 Å². The van der Waals surface area contributed by atoms with E-state index in [0.717, 1.165) is 31.5 Å². The predicted octanol–water partition coefficient (Wildman–Crippen LogP) is 3.88. The number of rotatable bonds is 3. The van der Waals surface area contributed by atoms with Crippen LogP contribution in [-0.2, 0) is 6.42 Å². The molecule has 0 aromatic heterocycles. The zero-order valence-corrected chi connectivity index (χ0v) is 12.5. The van der Waals surface area contributed by atoms with Gasteiger partial charge < -0.3 is 4.90 Å². The van der Waals surface area contributed by atoms with Crippen molar-refractivity contribution in [2.24, 2.45) is 0 Å². The molecule has 1 fully saturated rings. The van der Waals surface area contributed by atoms with Crippen LogP contribution in [0.2, 0.25) is 0 Å². The van der Waals surface area contributed by atoms with Gasteiger partial charge in [-0.15, -0.1) is 0 Å². The van der Waals surface area contributed by atoms with Gasteiger partial charge in [0.15, 0.2) is 0 Å². The highest BCUT2D eigenvalue weighted by molar-refractivity contribution is 5.94. The Labute approximate surface area is 126 Å². The van der Waals surface area contributed by atoms with Crippen molar-refractivity contribution in [1.82, 2.24) is 4.90 Å². The minimum atomic E-state index is 0.163. The van der Waals surface area contributed by atoms with Gasteiger partial charge in [-0.25, -0.2) is 0 Å². The van der Waals surface area contributed by atoms with Crippen LogP contribution in [0.15, 0.2) is 54.6 Å². The van der Waals surface area contributed by atoms with Gasteiger partial charge in [0.25, 0.3) is 5.91 Å². The van der Waals surface area contributed by atoms with Crippen LogP contribution in [0.5, 0.6) is 0 Å². The number of carbonyl (C=O) groups is 1. The summed E-state index contributed by atoms with van der Waals surface area (Å²) in [5.74, 6) is 0.640. The summed E-state index contributed by atoms with van der Waals surface area (Å²) in [6.07, 6.45) is 2.07. The fourth-order valence-corrected chi connectivity index (χ4v) is 3.01. The Morgan fingerprint density at radius 3 is 2.48 bits per heavy atom. The number of aryl methyl sites for hydroxylation is 1. The highest BCUT2D eigenvalue weighted by Crippen LogP contribution is 2.27. The molecule has 2 heteroatoms. The highest BCUT2D eigenvalue weighted by Gasteiger charge is 2.27. The molecule has 1 aliphatic heterocycles. The second-order valence-electron chi connectivity index (χ2n) is 5.70. The third-order valence-electron chi connectivity index (χ3n) is 4.36. The molecule has 0 bridgehead atoms. The molecule has 2 aromatic carbocycles. The highest BCUT2D eigenvalue weighted by atomic mass is 16.2. The topological polar surface area (TPSA) is 20.3 Å². The van der Waals surface area contributed by atoms with Crippen LogP contribution < -0.4 is 0 Å². The molecule has 0 saturated carbocycles. The predicted molar refractivity (Wildman–Crippen MR) is 85.5 cm³/mol. The molecule has 21 heavy (non-hydrogen) atoms. The first-order chi connectivity index (χ1) is 10.3. The lowest BCUT2D eigenvalue weighted by Gasteiger charge is -2.17. The Kier molecular flexibility index (Phi) is 4.05. The zero-order chi connectivity index (χ0) is 14.7. The van der Waals surface area contributed by atoms with Crippen LogP contribution in [0.25, 0.3) is 0 Å². The van der Waals surface area contributed by atoms with Gasteiger partial charge in [-0.2, -0.15) is 0 Å². The lowest BCUT2D eigenvalue weighted by Crippen LogP contribution is -2.28. The molecule has 1 amide bonds. The molecule has 1 saturated heterocycles. The van der Waals surface area contributed by atoms with Crippen LogP contribution in [0.4, 0.5) is 0 Å². The Morgan fingerprint density at radius 1 is 1.10 bits per heavy atom. The summed E-state index contributed by atoms with van der Waals surface area (Å²) >= 11 is 0. The van der Waals surface area contributed by atoms with Gasteiger partial charge in [0, 0.05) is 24.6 Å². The van der Waals surface area contributed by atoms with E-state index in [1.807, 2.05) is 23.1 Å². The van der Waals surface area contributed by atoms with E-state index in [0.29, 0.717) is 5.92 Å². The second kappa shape index (κ2) is 6.13. The molecule has 1 aliphatic rings. The maximum absolute atomic E-state index is 12.5. The third-order valence-corrected chi connectivity index (χ3v) is 4.36. The van der Waals surface area contributed by atoms with Gasteiger partial charge >= 0.3 is 0 Å². The molecule has 1 unspecified atom stereocenters. The zero-order valence-electron chi connectivity index (χ0n) is 12.5. The smallest absolute Gasteiger partial charge is 0.253 e. The van der Waals surface area contributed by atoms with Gasteiger partial charge in [-0.1, -0.05) is 49.4 Å². The van der Waals surface area contributed by atoms with Crippen molar-refractivity contribution in [1.29, 1.82) is 0 Å². The Morgan fingerprint density at radius 2 is 1.81 bits per heavy atom. The number of nitrogens with zero attached hydrogens (tertiary/aromatic N) is 1. The summed E-state index contributed by atoms with van der Waals surface area (Å²) in [6.45, 7) is 3.81. The molecule has 1 atom stereocenters. The van der Waals surface area contributed by atoms with E-state index in [1.165, 1.54) is 11.1 Å². The monoisotopic (exact) mass is 279 g/mol. The largest absolute Gasteiger partial charge is 0.338 e. The maximum Gasteiger partial charge on any atom is 0.253 e. The second-order valence-corrected chi connectivity index (χ2v) is 5.70. The molecule has 0 radical (unpaired) electrons. The minimum absolute atomic E-state index is 0.163. The van der Waals surface area contributed by atoms with Crippen molar-refractivity contribution in [2.45, 2.75) is 25.7 Å². The summed E-state index contributed by atoms with van der Waals surface area (Å²) in [6, 6.07) is 18.5. The van der Waals surface area contributed by atoms with E-state index in [4.69, 9.17) is 0 Å². The van der Waals surface area contributed by atoms with Crippen molar-refractivity contribution in [3.05, 3.63) is 71.3 Å². The number of hydrogen-bond acceptors (Lipinski definition) is 1. The Bertz CT molecular complexity index is 603. The molecule has 0 aliphatic carbocycles. The summed E-state index contributed by atoms with van der Waals surface area (Å²) in [7, 11) is 0. The Balaban J connectivity index is 1.69. The van der Waals surface area contributed by atoms with Crippen molar-refractivity contribution < 1.29 is 4.79 Å². The van der Waals surface area contributed by atoms with Crippen molar-refractivity contribution in [3.8, 4) is 0 Å². The molecule has 3 rings (SSSR count). The van der Waals surface area contributed by atoms with Crippen molar-refractivity contribution >= 4 is 5.91 Å². The molecule has 1 heterocycles. The quantitative estimate of drug-likeness (QED) is 0.835. The number of carbonyl (C=O) groups excluding carboxylic acids is 1. The summed E-state index contributed by atoms with van der Waals surface area (Å²) in [5.41, 5.74) is 3.42. The summed E-state index contributed by atoms with van der Waals surface area (Å²) < 4.78 is 0. The van der Waals surface area contributed by atoms with Crippen LogP contribution >= 0.6 is 0 Å². The van der Waals surface area contributed by atoms with Crippen LogP contribution in [0.1, 0.15) is 40.7 Å². The summed E-state index contributed by atoms with van der Waals surface area (Å²) in [5, 5.41) is 0. The first kappa shape index (κ1) is 13.9. The number of hydrogen-bond donors (Lipinski definition) is 0. The van der Waals surface area contributed by atoms with Crippen LogP contribution in [0, 0.1) is 0 Å². The lowest BCUT2D eigenvalue weighted by atomic mass is 9.99. The standard InChI is InChI=1S/C19H21NO/c1-2-15-8-10-17(11-9-15)19(21)20-13-12-18(14-20)16-6-4-3-5-7-16/h3-11,18H,2,12-14H2,1H3. The molecule has 0 N–H and O–H groups in total. The average Bonchev–Trinajstić information content (AvgIpc) is 3.05. The first-order valence-corrected chi connectivity index (χ1v) is 7.71. The van der Waals surface area contributed by atoms with E-state index < -0.39 is 0 Å². The average molecular weight is 279 g/mol. The SMILES string of the molecule is CCc1ccc(C(=O)N2CCC(c3ccccc3)C2)cc1. The van der Waals surface area contributed by atoms with Gasteiger partial charge in [-0.05, 0) is 36.1 Å². The molecule has 0 spiro atoms. The van der Waals surface area contributed by atoms with Crippen molar-refractivity contribution in [2.75, 3.05) is 13.1 Å². The van der Waals surface area contributed by atoms with Crippen molar-refractivity contribution in [3.63, 3.8) is 0 Å². The third kappa shape index (κ3) is 2.99. The molecular formula is C19H21NO. The molecule has 108 valence electrons. The minimum Gasteiger partial charge on any atom is -0.338 e. The van der Waals surface area contributed by atoms with Crippen LogP contribution in [-0.4, -0.2) is 23.9 Å². The van der Waals surface area contributed by atoms with Gasteiger partial charge in [0.05, 0.1) is 0 Å². The maximum atomic E-state index is 12.5.